The van der Waals surface area contributed by atoms with Crippen LogP contribution < -0.4 is 10.6 Å². The first kappa shape index (κ1) is 20.1. The van der Waals surface area contributed by atoms with Crippen LogP contribution in [0.15, 0.2) is 12.2 Å². The molecule has 0 fully saturated rings. The molecule has 0 unspecified atom stereocenters. The molecule has 0 radical (unpaired) electrons. The van der Waals surface area contributed by atoms with E-state index in [2.05, 4.69) is 48.5 Å². The lowest BCUT2D eigenvalue weighted by Crippen LogP contribution is -2.36. The maximum Gasteiger partial charge on any atom is 0.220 e. The first-order valence-electron chi connectivity index (χ1n) is 8.59. The average Bonchev–Trinajstić information content (AvgIpc) is 2.50. The van der Waals surface area contributed by atoms with E-state index in [1.54, 1.807) is 0 Å². The van der Waals surface area contributed by atoms with E-state index in [0.29, 0.717) is 6.42 Å². The molecule has 0 spiro atoms. The summed E-state index contributed by atoms with van der Waals surface area (Å²) in [5, 5.41) is 6.33. The summed E-state index contributed by atoms with van der Waals surface area (Å²) >= 11 is 0. The van der Waals surface area contributed by atoms with Crippen molar-refractivity contribution in [2.24, 2.45) is 0 Å². The summed E-state index contributed by atoms with van der Waals surface area (Å²) in [6, 6.07) is 0. The van der Waals surface area contributed by atoms with Gasteiger partial charge < -0.3 is 15.5 Å². The number of nitrogens with zero attached hydrogens (tertiary/aromatic N) is 1. The first-order chi connectivity index (χ1) is 10.2. The predicted molar refractivity (Wildman–Crippen MR) is 91.6 cm³/mol. The van der Waals surface area contributed by atoms with Gasteiger partial charge >= 0.3 is 0 Å². The van der Waals surface area contributed by atoms with Gasteiger partial charge in [0.2, 0.25) is 5.91 Å². The van der Waals surface area contributed by atoms with Crippen molar-refractivity contribution in [1.82, 2.24) is 15.5 Å². The van der Waals surface area contributed by atoms with Gasteiger partial charge in [-0.25, -0.2) is 0 Å². The SMILES string of the molecule is CC/C=C/CCCCC(=O)NCCNCCN(CC)CC. The maximum absolute atomic E-state index is 11.6. The van der Waals surface area contributed by atoms with Gasteiger partial charge in [0.1, 0.15) is 0 Å². The topological polar surface area (TPSA) is 44.4 Å². The smallest absolute Gasteiger partial charge is 0.220 e. The maximum atomic E-state index is 11.6. The Bertz CT molecular complexity index is 263. The number of carbonyl (C=O) groups excluding carboxylic acids is 1. The van der Waals surface area contributed by atoms with Gasteiger partial charge in [0.15, 0.2) is 0 Å². The number of likely N-dealkylation sites (N-methyl/N-ethyl adjacent to an activating group) is 1. The lowest BCUT2D eigenvalue weighted by Gasteiger charge is -2.18. The molecule has 124 valence electrons. The number of carbonyl (C=O) groups is 1. The van der Waals surface area contributed by atoms with E-state index in [-0.39, 0.29) is 5.91 Å². The van der Waals surface area contributed by atoms with Crippen molar-refractivity contribution in [1.29, 1.82) is 0 Å². The standard InChI is InChI=1S/C17H35N3O/c1-4-7-8-9-10-11-12-17(21)19-14-13-18-15-16-20(5-2)6-3/h7-8,18H,4-6,9-16H2,1-3H3,(H,19,21)/b8-7+. The highest BCUT2D eigenvalue weighted by molar-refractivity contribution is 5.75. The van der Waals surface area contributed by atoms with E-state index in [0.717, 1.165) is 65.0 Å². The number of rotatable bonds is 14. The van der Waals surface area contributed by atoms with Crippen molar-refractivity contribution in [2.75, 3.05) is 39.3 Å². The lowest BCUT2D eigenvalue weighted by atomic mass is 10.2. The van der Waals surface area contributed by atoms with Gasteiger partial charge in [-0.1, -0.05) is 32.9 Å². The summed E-state index contributed by atoms with van der Waals surface area (Å²) in [5.74, 6) is 0.181. The van der Waals surface area contributed by atoms with Crippen molar-refractivity contribution in [3.8, 4) is 0 Å². The molecule has 4 nitrogen and oxygen atoms in total. The second-order valence-corrected chi connectivity index (χ2v) is 5.25. The second kappa shape index (κ2) is 15.5. The van der Waals surface area contributed by atoms with Crippen LogP contribution in [-0.2, 0) is 4.79 Å². The van der Waals surface area contributed by atoms with Gasteiger partial charge in [-0.3, -0.25) is 4.79 Å². The molecule has 0 atom stereocenters. The molecule has 0 saturated heterocycles. The lowest BCUT2D eigenvalue weighted by molar-refractivity contribution is -0.121. The Morgan fingerprint density at radius 1 is 1.00 bits per heavy atom. The van der Waals surface area contributed by atoms with Crippen LogP contribution in [0.3, 0.4) is 0 Å². The van der Waals surface area contributed by atoms with Gasteiger partial charge in [0.25, 0.3) is 0 Å². The van der Waals surface area contributed by atoms with Gasteiger partial charge in [-0.05, 0) is 38.8 Å². The molecule has 0 bridgehead atoms. The fraction of sp³-hybridized carbons (Fsp3) is 0.824. The van der Waals surface area contributed by atoms with Crippen molar-refractivity contribution in [3.05, 3.63) is 12.2 Å². The van der Waals surface area contributed by atoms with Crippen LogP contribution in [0.2, 0.25) is 0 Å². The van der Waals surface area contributed by atoms with E-state index in [9.17, 15) is 4.79 Å². The molecule has 2 N–H and O–H groups in total. The molecule has 0 aliphatic rings. The molecule has 0 aliphatic heterocycles. The minimum Gasteiger partial charge on any atom is -0.355 e. The van der Waals surface area contributed by atoms with Crippen molar-refractivity contribution in [3.63, 3.8) is 0 Å². The van der Waals surface area contributed by atoms with Crippen LogP contribution in [0, 0.1) is 0 Å². The minimum atomic E-state index is 0.181. The molecule has 0 saturated carbocycles. The van der Waals surface area contributed by atoms with E-state index >= 15 is 0 Å². The molecule has 1 amide bonds. The largest absolute Gasteiger partial charge is 0.355 e. The Balaban J connectivity index is 3.32. The molecule has 0 aliphatic carbocycles. The number of amides is 1. The van der Waals surface area contributed by atoms with Gasteiger partial charge in [-0.2, -0.15) is 0 Å². The van der Waals surface area contributed by atoms with Gasteiger partial charge in [0.05, 0.1) is 0 Å². The van der Waals surface area contributed by atoms with Crippen LogP contribution in [0.4, 0.5) is 0 Å². The summed E-state index contributed by atoms with van der Waals surface area (Å²) in [5.41, 5.74) is 0. The van der Waals surface area contributed by atoms with E-state index < -0.39 is 0 Å². The summed E-state index contributed by atoms with van der Waals surface area (Å²) < 4.78 is 0. The zero-order valence-corrected chi connectivity index (χ0v) is 14.3. The quantitative estimate of drug-likeness (QED) is 0.382. The normalized spacial score (nSPS) is 11.4. The molecule has 0 aromatic carbocycles. The zero-order chi connectivity index (χ0) is 15.8. The van der Waals surface area contributed by atoms with Gasteiger partial charge in [-0.15, -0.1) is 0 Å². The zero-order valence-electron chi connectivity index (χ0n) is 14.3. The molecule has 4 heteroatoms. The molecular formula is C17H35N3O. The summed E-state index contributed by atoms with van der Waals surface area (Å²) in [6.45, 7) is 12.3. The summed E-state index contributed by atoms with van der Waals surface area (Å²) in [6.07, 6.45) is 9.32. The van der Waals surface area contributed by atoms with Crippen molar-refractivity contribution in [2.45, 2.75) is 52.9 Å². The third-order valence-electron chi connectivity index (χ3n) is 3.55. The number of nitrogens with one attached hydrogen (secondary N) is 2. The second-order valence-electron chi connectivity index (χ2n) is 5.25. The van der Waals surface area contributed by atoms with Crippen LogP contribution in [-0.4, -0.2) is 50.1 Å². The average molecular weight is 297 g/mol. The van der Waals surface area contributed by atoms with E-state index in [1.165, 1.54) is 0 Å². The Labute approximate surface area is 131 Å². The summed E-state index contributed by atoms with van der Waals surface area (Å²) in [7, 11) is 0. The highest BCUT2D eigenvalue weighted by Crippen LogP contribution is 2.01. The predicted octanol–water partition coefficient (Wildman–Crippen LogP) is 2.56. The Kier molecular flexibility index (Phi) is 14.9. The third kappa shape index (κ3) is 13.9. The third-order valence-corrected chi connectivity index (χ3v) is 3.55. The Morgan fingerprint density at radius 2 is 1.76 bits per heavy atom. The summed E-state index contributed by atoms with van der Waals surface area (Å²) in [4.78, 5) is 14.0. The van der Waals surface area contributed by atoms with Crippen molar-refractivity contribution < 1.29 is 4.79 Å². The number of allylic oxidation sites excluding steroid dienone is 2. The van der Waals surface area contributed by atoms with Crippen LogP contribution in [0.1, 0.15) is 52.9 Å². The number of hydrogen-bond donors (Lipinski definition) is 2. The van der Waals surface area contributed by atoms with Crippen LogP contribution >= 0.6 is 0 Å². The fourth-order valence-electron chi connectivity index (χ4n) is 2.11. The highest BCUT2D eigenvalue weighted by Gasteiger charge is 2.00. The van der Waals surface area contributed by atoms with Crippen molar-refractivity contribution >= 4 is 5.91 Å². The molecule has 21 heavy (non-hydrogen) atoms. The van der Waals surface area contributed by atoms with Crippen LogP contribution in [0.25, 0.3) is 0 Å². The Hall–Kier alpha value is -0.870. The molecule has 0 aromatic rings. The highest BCUT2D eigenvalue weighted by atomic mass is 16.1. The number of hydrogen-bond acceptors (Lipinski definition) is 3. The molecule has 0 heterocycles. The molecule has 0 aromatic heterocycles. The van der Waals surface area contributed by atoms with E-state index in [1.807, 2.05) is 0 Å². The first-order valence-corrected chi connectivity index (χ1v) is 8.59. The van der Waals surface area contributed by atoms with E-state index in [4.69, 9.17) is 0 Å². The minimum absolute atomic E-state index is 0.181. The molecular weight excluding hydrogens is 262 g/mol. The fourth-order valence-corrected chi connectivity index (χ4v) is 2.11. The monoisotopic (exact) mass is 297 g/mol. The number of unbranched alkanes of at least 4 members (excludes halogenated alkanes) is 2. The van der Waals surface area contributed by atoms with Gasteiger partial charge in [0, 0.05) is 32.6 Å². The molecule has 0 rings (SSSR count). The Morgan fingerprint density at radius 3 is 2.43 bits per heavy atom. The van der Waals surface area contributed by atoms with Crippen LogP contribution in [0.5, 0.6) is 0 Å².